The second kappa shape index (κ2) is 6.65. The van der Waals surface area contributed by atoms with Gasteiger partial charge in [-0.25, -0.2) is 13.4 Å². The molecule has 0 amide bonds. The number of methoxy groups -OCH3 is 1. The van der Waals surface area contributed by atoms with Crippen LogP contribution in [0.1, 0.15) is 37.8 Å². The molecule has 2 atom stereocenters. The molecule has 4 fully saturated rings. The van der Waals surface area contributed by atoms with Crippen molar-refractivity contribution in [1.29, 1.82) is 0 Å². The number of hydrogen-bond donors (Lipinski definition) is 0. The van der Waals surface area contributed by atoms with Gasteiger partial charge in [-0.1, -0.05) is 0 Å². The first kappa shape index (κ1) is 18.8. The van der Waals surface area contributed by atoms with Crippen molar-refractivity contribution in [1.82, 2.24) is 14.2 Å². The maximum Gasteiger partial charge on any atom is 0.244 e. The first-order valence-electron chi connectivity index (χ1n) is 10.3. The Balaban J connectivity index is 1.22. The van der Waals surface area contributed by atoms with Crippen LogP contribution in [0.4, 0.5) is 0 Å². The van der Waals surface area contributed by atoms with E-state index in [9.17, 15) is 8.42 Å². The second-order valence-electron chi connectivity index (χ2n) is 8.94. The second-order valence-corrected chi connectivity index (χ2v) is 10.9. The minimum absolute atomic E-state index is 0.295. The van der Waals surface area contributed by atoms with Crippen LogP contribution in [0, 0.1) is 12.3 Å². The number of aryl methyl sites for hydroxylation is 1. The summed E-state index contributed by atoms with van der Waals surface area (Å²) in [5, 5.41) is 0. The molecule has 3 aliphatic heterocycles. The molecule has 4 heterocycles. The number of sulfonamides is 1. The molecule has 1 spiro atoms. The maximum absolute atomic E-state index is 13.1. The van der Waals surface area contributed by atoms with Crippen LogP contribution in [0.3, 0.4) is 0 Å². The molecule has 1 saturated carbocycles. The molecule has 1 aliphatic carbocycles. The number of morpholine rings is 1. The average Bonchev–Trinajstić information content (AvgIpc) is 3.29. The van der Waals surface area contributed by atoms with Gasteiger partial charge in [0.1, 0.15) is 4.90 Å². The van der Waals surface area contributed by atoms with Crippen molar-refractivity contribution in [3.63, 3.8) is 0 Å². The molecule has 1 aromatic heterocycles. The summed E-state index contributed by atoms with van der Waals surface area (Å²) in [6, 6.07) is 4.54. The van der Waals surface area contributed by atoms with Gasteiger partial charge in [-0.3, -0.25) is 4.90 Å². The van der Waals surface area contributed by atoms with Crippen molar-refractivity contribution in [3.05, 3.63) is 17.8 Å². The normalized spacial score (nSPS) is 30.6. The fourth-order valence-electron chi connectivity index (χ4n) is 5.71. The van der Waals surface area contributed by atoms with Gasteiger partial charge in [0.25, 0.3) is 0 Å². The highest BCUT2D eigenvalue weighted by Gasteiger charge is 2.53. The summed E-state index contributed by atoms with van der Waals surface area (Å²) >= 11 is 0. The van der Waals surface area contributed by atoms with E-state index >= 15 is 0 Å². The third-order valence-electron chi connectivity index (χ3n) is 7.37. The molecule has 2 bridgehead atoms. The minimum atomic E-state index is -3.50. The summed E-state index contributed by atoms with van der Waals surface area (Å²) in [4.78, 5) is 7.19. The number of hydrogen-bond acceptors (Lipinski definition) is 6. The predicted molar refractivity (Wildman–Crippen MR) is 104 cm³/mol. The summed E-state index contributed by atoms with van der Waals surface area (Å²) in [6.07, 6.45) is 6.01. The monoisotopic (exact) mass is 407 g/mol. The molecule has 7 nitrogen and oxygen atoms in total. The highest BCUT2D eigenvalue weighted by molar-refractivity contribution is 7.89. The van der Waals surface area contributed by atoms with Crippen molar-refractivity contribution in [2.75, 3.05) is 33.4 Å². The summed E-state index contributed by atoms with van der Waals surface area (Å²) in [5.41, 5.74) is 0.835. The van der Waals surface area contributed by atoms with Crippen LogP contribution in [0.2, 0.25) is 0 Å². The highest BCUT2D eigenvalue weighted by Crippen LogP contribution is 2.53. The molecule has 28 heavy (non-hydrogen) atoms. The number of pyridine rings is 1. The highest BCUT2D eigenvalue weighted by atomic mass is 32.2. The van der Waals surface area contributed by atoms with Gasteiger partial charge in [0.2, 0.25) is 15.9 Å². The molecule has 154 valence electrons. The van der Waals surface area contributed by atoms with Crippen LogP contribution in [0.15, 0.2) is 17.0 Å². The number of likely N-dealkylation sites (tertiary alicyclic amines) is 1. The fourth-order valence-corrected chi connectivity index (χ4v) is 7.31. The van der Waals surface area contributed by atoms with Crippen molar-refractivity contribution < 1.29 is 17.9 Å². The molecule has 0 N–H and O–H groups in total. The van der Waals surface area contributed by atoms with Crippen LogP contribution < -0.4 is 4.74 Å². The van der Waals surface area contributed by atoms with Gasteiger partial charge in [-0.05, 0) is 50.5 Å². The molecular formula is C20H29N3O4S. The van der Waals surface area contributed by atoms with Gasteiger partial charge in [0.05, 0.1) is 25.5 Å². The third-order valence-corrected chi connectivity index (χ3v) is 9.40. The maximum atomic E-state index is 13.1. The van der Waals surface area contributed by atoms with Crippen LogP contribution in [0.5, 0.6) is 5.88 Å². The van der Waals surface area contributed by atoms with E-state index in [-0.39, 0.29) is 0 Å². The van der Waals surface area contributed by atoms with Crippen molar-refractivity contribution >= 4 is 10.0 Å². The Morgan fingerprint density at radius 1 is 1.21 bits per heavy atom. The van der Waals surface area contributed by atoms with E-state index in [0.29, 0.717) is 53.2 Å². The lowest BCUT2D eigenvalue weighted by Gasteiger charge is -2.55. The van der Waals surface area contributed by atoms with E-state index in [1.165, 1.54) is 26.4 Å². The number of piperidine rings is 1. The first-order valence-corrected chi connectivity index (χ1v) is 11.7. The summed E-state index contributed by atoms with van der Waals surface area (Å²) in [5.74, 6) is 0.440. The molecule has 0 aromatic carbocycles. The number of ether oxygens (including phenoxy) is 2. The summed E-state index contributed by atoms with van der Waals surface area (Å²) < 4.78 is 38.7. The van der Waals surface area contributed by atoms with E-state index in [1.807, 2.05) is 0 Å². The molecule has 5 rings (SSSR count). The van der Waals surface area contributed by atoms with Crippen LogP contribution in [0.25, 0.3) is 0 Å². The Morgan fingerprint density at radius 3 is 2.54 bits per heavy atom. The average molecular weight is 408 g/mol. The molecule has 0 radical (unpaired) electrons. The number of nitrogens with zero attached hydrogens (tertiary/aromatic N) is 3. The largest absolute Gasteiger partial charge is 0.481 e. The topological polar surface area (TPSA) is 72.0 Å². The predicted octanol–water partition coefficient (Wildman–Crippen LogP) is 1.81. The molecular weight excluding hydrogens is 378 g/mol. The zero-order chi connectivity index (χ0) is 19.5. The van der Waals surface area contributed by atoms with Gasteiger partial charge in [-0.15, -0.1) is 0 Å². The fraction of sp³-hybridized carbons (Fsp3) is 0.750. The lowest BCUT2D eigenvalue weighted by Crippen LogP contribution is -2.57. The molecule has 8 heteroatoms. The first-order chi connectivity index (χ1) is 13.4. The van der Waals surface area contributed by atoms with Crippen molar-refractivity contribution in [2.24, 2.45) is 5.41 Å². The lowest BCUT2D eigenvalue weighted by molar-refractivity contribution is -0.0690. The zero-order valence-corrected chi connectivity index (χ0v) is 17.5. The molecule has 1 aromatic rings. The standard InChI is InChI=1S/C20H29N3O4S/c1-14-18(3-4-19(21-14)26-2)28(24,25)22-7-5-20(6-8-22)10-16(11-20)23-12-17-9-15(23)13-27-17/h3-4,15-17H,5-13H2,1-2H3/t15-,17-/m1/s1. The number of rotatable bonds is 4. The molecule has 4 aliphatic rings. The minimum Gasteiger partial charge on any atom is -0.481 e. The van der Waals surface area contributed by atoms with Gasteiger partial charge < -0.3 is 9.47 Å². The van der Waals surface area contributed by atoms with Gasteiger partial charge in [0, 0.05) is 37.8 Å². The Morgan fingerprint density at radius 2 is 1.96 bits per heavy atom. The van der Waals surface area contributed by atoms with Crippen LogP contribution in [-0.2, 0) is 14.8 Å². The number of fused-ring (bicyclic) bond motifs is 2. The summed E-state index contributed by atoms with van der Waals surface area (Å²) in [7, 11) is -1.97. The molecule has 0 unspecified atom stereocenters. The summed E-state index contributed by atoms with van der Waals surface area (Å²) in [6.45, 7) is 4.93. The lowest BCUT2D eigenvalue weighted by atomic mass is 9.60. The molecule has 3 saturated heterocycles. The van der Waals surface area contributed by atoms with Crippen molar-refractivity contribution in [3.8, 4) is 5.88 Å². The van der Waals surface area contributed by atoms with E-state index in [0.717, 1.165) is 26.0 Å². The Hall–Kier alpha value is -1.22. The van der Waals surface area contributed by atoms with Crippen LogP contribution in [-0.4, -0.2) is 74.1 Å². The van der Waals surface area contributed by atoms with Crippen LogP contribution >= 0.6 is 0 Å². The van der Waals surface area contributed by atoms with Gasteiger partial charge in [-0.2, -0.15) is 4.31 Å². The van der Waals surface area contributed by atoms with E-state index in [1.54, 1.807) is 23.4 Å². The zero-order valence-electron chi connectivity index (χ0n) is 16.6. The van der Waals surface area contributed by atoms with Gasteiger partial charge in [0.15, 0.2) is 0 Å². The Labute approximate surface area is 167 Å². The van der Waals surface area contributed by atoms with E-state index in [2.05, 4.69) is 9.88 Å². The Kier molecular flexibility index (Phi) is 4.46. The smallest absolute Gasteiger partial charge is 0.244 e. The Bertz CT molecular complexity index is 858. The third kappa shape index (κ3) is 2.96. The van der Waals surface area contributed by atoms with Gasteiger partial charge >= 0.3 is 0 Å². The number of aromatic nitrogens is 1. The van der Waals surface area contributed by atoms with Crippen molar-refractivity contribution in [2.45, 2.75) is 62.1 Å². The quantitative estimate of drug-likeness (QED) is 0.758. The van der Waals surface area contributed by atoms with E-state index in [4.69, 9.17) is 9.47 Å². The van der Waals surface area contributed by atoms with E-state index < -0.39 is 10.0 Å². The SMILES string of the molecule is COc1ccc(S(=O)(=O)N2CCC3(CC2)CC(N2C[C@H]4C[C@@H]2CO4)C3)c(C)n1.